The second kappa shape index (κ2) is 8.96. The van der Waals surface area contributed by atoms with Gasteiger partial charge in [-0.05, 0) is 48.7 Å². The number of likely N-dealkylation sites (tertiary alicyclic amines) is 1. The number of primary amides is 1. The molecule has 2 aromatic carbocycles. The molecule has 0 aliphatic carbocycles. The number of ether oxygens (including phenoxy) is 1. The summed E-state index contributed by atoms with van der Waals surface area (Å²) in [7, 11) is 1.48. The lowest BCUT2D eigenvalue weighted by molar-refractivity contribution is -0.120. The Hall–Kier alpha value is -3.06. The van der Waals surface area contributed by atoms with Crippen LogP contribution in [0.5, 0.6) is 5.75 Å². The summed E-state index contributed by atoms with van der Waals surface area (Å²) in [5.74, 6) is -0.563. The van der Waals surface area contributed by atoms with Crippen molar-refractivity contribution >= 4 is 35.0 Å². The van der Waals surface area contributed by atoms with Crippen molar-refractivity contribution in [2.45, 2.75) is 25.3 Å². The Kier molecular flexibility index (Phi) is 6.39. The van der Waals surface area contributed by atoms with Crippen LogP contribution in [0, 0.1) is 0 Å². The molecule has 1 fully saturated rings. The average molecular weight is 416 g/mol. The number of halogens is 1. The first-order valence-corrected chi connectivity index (χ1v) is 9.59. The van der Waals surface area contributed by atoms with Crippen molar-refractivity contribution < 1.29 is 19.1 Å². The fraction of sp³-hybridized carbons (Fsp3) is 0.286. The third-order valence-electron chi connectivity index (χ3n) is 4.81. The Balaban J connectivity index is 1.73. The molecule has 1 heterocycles. The van der Waals surface area contributed by atoms with Gasteiger partial charge in [0.15, 0.2) is 0 Å². The first-order chi connectivity index (χ1) is 13.9. The maximum atomic E-state index is 13.1. The Morgan fingerprint density at radius 2 is 1.93 bits per heavy atom. The normalized spacial score (nSPS) is 15.8. The number of methoxy groups -OCH3 is 1. The predicted octanol–water partition coefficient (Wildman–Crippen LogP) is 2.62. The molecule has 1 unspecified atom stereocenters. The van der Waals surface area contributed by atoms with Crippen molar-refractivity contribution in [3.63, 3.8) is 0 Å². The van der Waals surface area contributed by atoms with E-state index in [9.17, 15) is 14.4 Å². The Morgan fingerprint density at radius 3 is 2.59 bits per heavy atom. The van der Waals surface area contributed by atoms with E-state index in [0.717, 1.165) is 12.0 Å². The lowest BCUT2D eigenvalue weighted by atomic mass is 10.1. The summed E-state index contributed by atoms with van der Waals surface area (Å²) in [5, 5.41) is 3.26. The third-order valence-corrected chi connectivity index (χ3v) is 5.04. The molecule has 0 radical (unpaired) electrons. The summed E-state index contributed by atoms with van der Waals surface area (Å²) in [6.45, 7) is 0.476. The summed E-state index contributed by atoms with van der Waals surface area (Å²) in [4.78, 5) is 38.4. The van der Waals surface area contributed by atoms with E-state index in [4.69, 9.17) is 22.1 Å². The van der Waals surface area contributed by atoms with Gasteiger partial charge in [0.1, 0.15) is 11.8 Å². The van der Waals surface area contributed by atoms with Gasteiger partial charge in [-0.25, -0.2) is 0 Å². The monoisotopic (exact) mass is 415 g/mol. The minimum Gasteiger partial charge on any atom is -0.496 e. The number of rotatable bonds is 6. The molecule has 152 valence electrons. The van der Waals surface area contributed by atoms with Gasteiger partial charge in [-0.1, -0.05) is 23.7 Å². The van der Waals surface area contributed by atoms with E-state index < -0.39 is 11.9 Å². The number of amides is 3. The highest BCUT2D eigenvalue weighted by atomic mass is 35.5. The zero-order chi connectivity index (χ0) is 21.0. The molecule has 2 aromatic rings. The molecule has 8 heteroatoms. The van der Waals surface area contributed by atoms with E-state index in [2.05, 4.69) is 5.32 Å². The zero-order valence-corrected chi connectivity index (χ0v) is 16.7. The van der Waals surface area contributed by atoms with Crippen LogP contribution >= 0.6 is 11.6 Å². The largest absolute Gasteiger partial charge is 0.496 e. The standard InChI is InChI=1S/C21H22ClN3O4/c1-29-18-9-6-14(22)12-16(18)21(28)25-10-2-3-17(25)20(27)24-15-7-4-13(5-8-15)11-19(23)26/h4-9,12,17H,2-3,10-11H2,1H3,(H2,23,26)(H,24,27). The van der Waals surface area contributed by atoms with Crippen LogP contribution in [0.15, 0.2) is 42.5 Å². The van der Waals surface area contributed by atoms with Crippen LogP contribution in [0.2, 0.25) is 5.02 Å². The summed E-state index contributed by atoms with van der Waals surface area (Å²) >= 11 is 6.04. The van der Waals surface area contributed by atoms with Crippen LogP contribution in [-0.4, -0.2) is 42.3 Å². The molecule has 0 bridgehead atoms. The Bertz CT molecular complexity index is 930. The van der Waals surface area contributed by atoms with Crippen LogP contribution < -0.4 is 15.8 Å². The van der Waals surface area contributed by atoms with Crippen LogP contribution in [0.3, 0.4) is 0 Å². The number of nitrogens with one attached hydrogen (secondary N) is 1. The molecule has 0 aromatic heterocycles. The smallest absolute Gasteiger partial charge is 0.258 e. The van der Waals surface area contributed by atoms with E-state index >= 15 is 0 Å². The Morgan fingerprint density at radius 1 is 1.21 bits per heavy atom. The number of nitrogens with zero attached hydrogens (tertiary/aromatic N) is 1. The number of benzene rings is 2. The maximum Gasteiger partial charge on any atom is 0.258 e. The molecule has 3 N–H and O–H groups in total. The van der Waals surface area contributed by atoms with Gasteiger partial charge in [0.25, 0.3) is 5.91 Å². The number of anilines is 1. The van der Waals surface area contributed by atoms with Crippen LogP contribution in [-0.2, 0) is 16.0 Å². The fourth-order valence-corrected chi connectivity index (χ4v) is 3.59. The molecule has 3 rings (SSSR count). The molecule has 1 saturated heterocycles. The minimum absolute atomic E-state index is 0.139. The number of hydrogen-bond donors (Lipinski definition) is 2. The van der Waals surface area contributed by atoms with Crippen LogP contribution in [0.1, 0.15) is 28.8 Å². The van der Waals surface area contributed by atoms with E-state index in [1.165, 1.54) is 7.11 Å². The first kappa shape index (κ1) is 20.7. The Labute approximate surface area is 173 Å². The molecular weight excluding hydrogens is 394 g/mol. The van der Waals surface area contributed by atoms with Crippen molar-refractivity contribution in [3.8, 4) is 5.75 Å². The van der Waals surface area contributed by atoms with Gasteiger partial charge >= 0.3 is 0 Å². The minimum atomic E-state index is -0.587. The van der Waals surface area contributed by atoms with Gasteiger partial charge in [0.05, 0.1) is 19.1 Å². The van der Waals surface area contributed by atoms with Crippen LogP contribution in [0.4, 0.5) is 5.69 Å². The van der Waals surface area contributed by atoms with Gasteiger partial charge < -0.3 is 20.7 Å². The van der Waals surface area contributed by atoms with Gasteiger partial charge in [0.2, 0.25) is 11.8 Å². The van der Waals surface area contributed by atoms with Gasteiger partial charge in [-0.2, -0.15) is 0 Å². The van der Waals surface area contributed by atoms with Gasteiger partial charge in [0, 0.05) is 17.3 Å². The van der Waals surface area contributed by atoms with Gasteiger partial charge in [-0.15, -0.1) is 0 Å². The summed E-state index contributed by atoms with van der Waals surface area (Å²) in [6, 6.07) is 11.1. The topological polar surface area (TPSA) is 102 Å². The van der Waals surface area contributed by atoms with E-state index in [-0.39, 0.29) is 18.2 Å². The molecule has 1 atom stereocenters. The number of carbonyl (C=O) groups excluding carboxylic acids is 3. The SMILES string of the molecule is COc1ccc(Cl)cc1C(=O)N1CCCC1C(=O)Nc1ccc(CC(N)=O)cc1. The second-order valence-corrected chi connectivity index (χ2v) is 7.27. The number of nitrogens with two attached hydrogens (primary N) is 1. The lowest BCUT2D eigenvalue weighted by Crippen LogP contribution is -2.43. The van der Waals surface area contributed by atoms with Crippen molar-refractivity contribution in [2.24, 2.45) is 5.73 Å². The third kappa shape index (κ3) is 4.86. The molecule has 29 heavy (non-hydrogen) atoms. The zero-order valence-electron chi connectivity index (χ0n) is 16.0. The maximum absolute atomic E-state index is 13.1. The van der Waals surface area contributed by atoms with Crippen molar-refractivity contribution in [2.75, 3.05) is 19.0 Å². The molecule has 3 amide bonds. The highest BCUT2D eigenvalue weighted by Crippen LogP contribution is 2.28. The lowest BCUT2D eigenvalue weighted by Gasteiger charge is -2.25. The molecular formula is C21H22ClN3O4. The van der Waals surface area contributed by atoms with Crippen molar-refractivity contribution in [1.29, 1.82) is 0 Å². The van der Waals surface area contributed by atoms with E-state index in [1.807, 2.05) is 0 Å². The molecule has 0 spiro atoms. The molecule has 1 aliphatic heterocycles. The van der Waals surface area contributed by atoms with Crippen LogP contribution in [0.25, 0.3) is 0 Å². The van der Waals surface area contributed by atoms with Crippen molar-refractivity contribution in [3.05, 3.63) is 58.6 Å². The second-order valence-electron chi connectivity index (χ2n) is 6.83. The molecule has 7 nitrogen and oxygen atoms in total. The van der Waals surface area contributed by atoms with E-state index in [1.54, 1.807) is 47.4 Å². The average Bonchev–Trinajstić information content (AvgIpc) is 3.18. The van der Waals surface area contributed by atoms with Crippen molar-refractivity contribution in [1.82, 2.24) is 4.90 Å². The highest BCUT2D eigenvalue weighted by Gasteiger charge is 2.35. The molecule has 0 saturated carbocycles. The quantitative estimate of drug-likeness (QED) is 0.757. The summed E-state index contributed by atoms with van der Waals surface area (Å²) in [5.41, 5.74) is 6.86. The highest BCUT2D eigenvalue weighted by molar-refractivity contribution is 6.31. The number of hydrogen-bond acceptors (Lipinski definition) is 4. The predicted molar refractivity (Wildman–Crippen MR) is 110 cm³/mol. The van der Waals surface area contributed by atoms with Gasteiger partial charge in [-0.3, -0.25) is 14.4 Å². The summed E-state index contributed by atoms with van der Waals surface area (Å²) in [6.07, 6.45) is 1.44. The fourth-order valence-electron chi connectivity index (χ4n) is 3.42. The number of carbonyl (C=O) groups is 3. The first-order valence-electron chi connectivity index (χ1n) is 9.21. The molecule has 1 aliphatic rings. The van der Waals surface area contributed by atoms with E-state index in [0.29, 0.717) is 35.0 Å². The summed E-state index contributed by atoms with van der Waals surface area (Å²) < 4.78 is 5.27.